The zero-order valence-corrected chi connectivity index (χ0v) is 16.8. The number of ether oxygens (including phenoxy) is 2. The molecule has 0 aliphatic carbocycles. The number of pyridine rings is 1. The van der Waals surface area contributed by atoms with Gasteiger partial charge >= 0.3 is 0 Å². The third-order valence-electron chi connectivity index (χ3n) is 4.90. The van der Waals surface area contributed by atoms with E-state index in [4.69, 9.17) is 37.8 Å². The summed E-state index contributed by atoms with van der Waals surface area (Å²) in [5, 5.41) is 6.75. The Hall–Kier alpha value is -1.82. The van der Waals surface area contributed by atoms with Crippen LogP contribution in [0.25, 0.3) is 10.9 Å². The van der Waals surface area contributed by atoms with Gasteiger partial charge in [0.15, 0.2) is 6.23 Å². The van der Waals surface area contributed by atoms with Crippen LogP contribution in [-0.4, -0.2) is 21.4 Å². The summed E-state index contributed by atoms with van der Waals surface area (Å²) in [5.41, 5.74) is 2.74. The minimum Gasteiger partial charge on any atom is -0.486 e. The van der Waals surface area contributed by atoms with E-state index in [0.717, 1.165) is 53.8 Å². The second-order valence-electron chi connectivity index (χ2n) is 6.81. The SMILES string of the molecule is Cc1nn(C2CCCCO2)c2ccc(OC(C)c3c(Cl)cncc3Cl)cc12. The fourth-order valence-electron chi connectivity index (χ4n) is 3.56. The largest absolute Gasteiger partial charge is 0.486 e. The lowest BCUT2D eigenvalue weighted by Gasteiger charge is -2.23. The van der Waals surface area contributed by atoms with Crippen LogP contribution < -0.4 is 4.74 Å². The van der Waals surface area contributed by atoms with E-state index in [1.165, 1.54) is 0 Å². The molecule has 0 bridgehead atoms. The first-order chi connectivity index (χ1) is 13.0. The molecule has 0 spiro atoms. The third kappa shape index (κ3) is 3.64. The maximum absolute atomic E-state index is 6.25. The third-order valence-corrected chi connectivity index (χ3v) is 5.50. The fraction of sp³-hybridized carbons (Fsp3) is 0.400. The van der Waals surface area contributed by atoms with E-state index >= 15 is 0 Å². The Bertz CT molecular complexity index is 947. The fourth-order valence-corrected chi connectivity index (χ4v) is 4.23. The van der Waals surface area contributed by atoms with Crippen LogP contribution in [0.3, 0.4) is 0 Å². The van der Waals surface area contributed by atoms with Gasteiger partial charge in [-0.1, -0.05) is 23.2 Å². The van der Waals surface area contributed by atoms with Crippen molar-refractivity contribution < 1.29 is 9.47 Å². The van der Waals surface area contributed by atoms with Gasteiger partial charge in [-0.3, -0.25) is 4.98 Å². The number of aryl methyl sites for hydroxylation is 1. The Labute approximate surface area is 168 Å². The lowest BCUT2D eigenvalue weighted by molar-refractivity contribution is -0.0368. The molecule has 0 N–H and O–H groups in total. The van der Waals surface area contributed by atoms with Gasteiger partial charge in [-0.15, -0.1) is 0 Å². The molecular weight excluding hydrogens is 385 g/mol. The summed E-state index contributed by atoms with van der Waals surface area (Å²) in [6.45, 7) is 4.71. The second-order valence-corrected chi connectivity index (χ2v) is 7.62. The maximum atomic E-state index is 6.25. The molecule has 2 atom stereocenters. The van der Waals surface area contributed by atoms with Crippen molar-refractivity contribution in [3.05, 3.63) is 51.9 Å². The average Bonchev–Trinajstić information content (AvgIpc) is 2.99. The van der Waals surface area contributed by atoms with Crippen LogP contribution in [0.15, 0.2) is 30.6 Å². The van der Waals surface area contributed by atoms with Crippen LogP contribution in [0.4, 0.5) is 0 Å². The van der Waals surface area contributed by atoms with Gasteiger partial charge in [-0.25, -0.2) is 4.68 Å². The van der Waals surface area contributed by atoms with Crippen LogP contribution in [0, 0.1) is 6.92 Å². The molecule has 0 amide bonds. The highest BCUT2D eigenvalue weighted by Gasteiger charge is 2.21. The number of benzene rings is 1. The first kappa shape index (κ1) is 18.5. The van der Waals surface area contributed by atoms with E-state index in [-0.39, 0.29) is 12.3 Å². The Morgan fingerprint density at radius 3 is 2.70 bits per heavy atom. The molecule has 1 saturated heterocycles. The molecule has 2 aromatic heterocycles. The van der Waals surface area contributed by atoms with E-state index in [1.807, 2.05) is 36.7 Å². The normalized spacial score (nSPS) is 18.6. The monoisotopic (exact) mass is 405 g/mol. The zero-order valence-electron chi connectivity index (χ0n) is 15.3. The molecule has 7 heteroatoms. The van der Waals surface area contributed by atoms with Gasteiger partial charge in [0.05, 0.1) is 21.3 Å². The number of rotatable bonds is 4. The molecule has 1 fully saturated rings. The summed E-state index contributed by atoms with van der Waals surface area (Å²) < 4.78 is 14.0. The molecule has 2 unspecified atom stereocenters. The summed E-state index contributed by atoms with van der Waals surface area (Å²) in [4.78, 5) is 3.99. The summed E-state index contributed by atoms with van der Waals surface area (Å²) in [5.74, 6) is 0.742. The van der Waals surface area contributed by atoms with E-state index in [9.17, 15) is 0 Å². The second kappa shape index (κ2) is 7.66. The number of hydrogen-bond donors (Lipinski definition) is 0. The van der Waals surface area contributed by atoms with Crippen LogP contribution in [0.2, 0.25) is 10.0 Å². The number of aromatic nitrogens is 3. The smallest absolute Gasteiger partial charge is 0.150 e. The highest BCUT2D eigenvalue weighted by Crippen LogP contribution is 2.34. The summed E-state index contributed by atoms with van der Waals surface area (Å²) in [6, 6.07) is 5.99. The first-order valence-corrected chi connectivity index (χ1v) is 9.86. The summed E-state index contributed by atoms with van der Waals surface area (Å²) in [6.07, 6.45) is 6.12. The molecule has 27 heavy (non-hydrogen) atoms. The quantitative estimate of drug-likeness (QED) is 0.543. The van der Waals surface area contributed by atoms with Crippen molar-refractivity contribution >= 4 is 34.1 Å². The predicted octanol–water partition coefficient (Wildman–Crippen LogP) is 5.89. The zero-order chi connectivity index (χ0) is 19.0. The minimum absolute atomic E-state index is 0.00933. The molecule has 1 aromatic carbocycles. The lowest BCUT2D eigenvalue weighted by Crippen LogP contribution is -2.19. The Kier molecular flexibility index (Phi) is 5.26. The van der Waals surface area contributed by atoms with Gasteiger partial charge in [0.2, 0.25) is 0 Å². The topological polar surface area (TPSA) is 49.2 Å². The number of hydrogen-bond acceptors (Lipinski definition) is 4. The van der Waals surface area contributed by atoms with Crippen molar-refractivity contribution in [2.24, 2.45) is 0 Å². The molecule has 0 saturated carbocycles. The number of nitrogens with zero attached hydrogens (tertiary/aromatic N) is 3. The predicted molar refractivity (Wildman–Crippen MR) is 107 cm³/mol. The molecule has 3 aromatic rings. The van der Waals surface area contributed by atoms with Crippen molar-refractivity contribution in [1.29, 1.82) is 0 Å². The van der Waals surface area contributed by atoms with Gasteiger partial charge in [-0.05, 0) is 51.3 Å². The van der Waals surface area contributed by atoms with Crippen LogP contribution in [-0.2, 0) is 4.74 Å². The van der Waals surface area contributed by atoms with E-state index < -0.39 is 0 Å². The Morgan fingerprint density at radius 2 is 2.00 bits per heavy atom. The van der Waals surface area contributed by atoms with Gasteiger partial charge in [-0.2, -0.15) is 5.10 Å². The highest BCUT2D eigenvalue weighted by molar-refractivity contribution is 6.35. The van der Waals surface area contributed by atoms with Crippen molar-refractivity contribution in [2.75, 3.05) is 6.61 Å². The van der Waals surface area contributed by atoms with Gasteiger partial charge in [0, 0.05) is 30.0 Å². The first-order valence-electron chi connectivity index (χ1n) is 9.10. The van der Waals surface area contributed by atoms with Crippen molar-refractivity contribution in [3.8, 4) is 5.75 Å². The molecule has 142 valence electrons. The van der Waals surface area contributed by atoms with E-state index in [2.05, 4.69) is 4.98 Å². The van der Waals surface area contributed by atoms with E-state index in [0.29, 0.717) is 10.0 Å². The molecule has 3 heterocycles. The minimum atomic E-state index is -0.303. The van der Waals surface area contributed by atoms with Crippen LogP contribution in [0.1, 0.15) is 49.8 Å². The van der Waals surface area contributed by atoms with Gasteiger partial charge in [0.1, 0.15) is 11.9 Å². The molecule has 4 rings (SSSR count). The van der Waals surface area contributed by atoms with E-state index in [1.54, 1.807) is 12.4 Å². The number of halogens is 2. The number of fused-ring (bicyclic) bond motifs is 1. The molecular formula is C20H21Cl2N3O2. The lowest BCUT2D eigenvalue weighted by atomic mass is 10.1. The Balaban J connectivity index is 1.63. The van der Waals surface area contributed by atoms with Crippen molar-refractivity contribution in [1.82, 2.24) is 14.8 Å². The molecule has 1 aliphatic rings. The average molecular weight is 406 g/mol. The standard InChI is InChI=1S/C20H21Cl2N3O2/c1-12-15-9-14(27-13(2)20-16(21)10-23-11-17(20)22)6-7-18(15)25(24-12)19-5-3-4-8-26-19/h6-7,9-11,13,19H,3-5,8H2,1-2H3. The van der Waals surface area contributed by atoms with Gasteiger partial charge in [0.25, 0.3) is 0 Å². The van der Waals surface area contributed by atoms with Crippen molar-refractivity contribution in [3.63, 3.8) is 0 Å². The molecule has 0 radical (unpaired) electrons. The molecule has 5 nitrogen and oxygen atoms in total. The Morgan fingerprint density at radius 1 is 1.22 bits per heavy atom. The summed E-state index contributed by atoms with van der Waals surface area (Å²) >= 11 is 12.5. The maximum Gasteiger partial charge on any atom is 0.150 e. The van der Waals surface area contributed by atoms with Crippen LogP contribution in [0.5, 0.6) is 5.75 Å². The van der Waals surface area contributed by atoms with Crippen LogP contribution >= 0.6 is 23.2 Å². The van der Waals surface area contributed by atoms with Crippen molar-refractivity contribution in [2.45, 2.75) is 45.4 Å². The summed E-state index contributed by atoms with van der Waals surface area (Å²) in [7, 11) is 0. The molecule has 1 aliphatic heterocycles. The van der Waals surface area contributed by atoms with Gasteiger partial charge < -0.3 is 9.47 Å². The highest BCUT2D eigenvalue weighted by atomic mass is 35.5.